The Hall–Kier alpha value is -2.00. The second-order valence-corrected chi connectivity index (χ2v) is 6.03. The number of hydrogen-bond acceptors (Lipinski definition) is 5. The van der Waals surface area contributed by atoms with E-state index >= 15 is 0 Å². The van der Waals surface area contributed by atoms with Crippen molar-refractivity contribution in [3.8, 4) is 0 Å². The molecule has 1 aliphatic heterocycles. The molecule has 1 aliphatic rings. The second kappa shape index (κ2) is 7.49. The van der Waals surface area contributed by atoms with Gasteiger partial charge in [-0.25, -0.2) is 4.79 Å². The molecule has 3 rings (SSSR count). The molecule has 0 bridgehead atoms. The summed E-state index contributed by atoms with van der Waals surface area (Å²) in [5, 5.41) is 10.1. The monoisotopic (exact) mass is 370 g/mol. The number of aliphatic hydroxyl groups excluding tert-OH is 1. The van der Waals surface area contributed by atoms with Gasteiger partial charge in [-0.05, 0) is 5.56 Å². The Labute approximate surface area is 146 Å². The minimum atomic E-state index is -1.11. The molecule has 0 saturated carbocycles. The van der Waals surface area contributed by atoms with Crippen molar-refractivity contribution in [3.63, 3.8) is 0 Å². The first kappa shape index (κ1) is 17.8. The van der Waals surface area contributed by atoms with Gasteiger partial charge in [0, 0.05) is 6.42 Å². The number of ether oxygens (including phenoxy) is 2. The maximum atomic E-state index is 13.4. The van der Waals surface area contributed by atoms with E-state index in [0.29, 0.717) is 0 Å². The van der Waals surface area contributed by atoms with Crippen LogP contribution in [0.4, 0.5) is 4.39 Å². The van der Waals surface area contributed by atoms with Gasteiger partial charge in [-0.2, -0.15) is 4.39 Å². The van der Waals surface area contributed by atoms with Gasteiger partial charge < -0.3 is 14.6 Å². The Kier molecular flexibility index (Phi) is 5.33. The molecule has 0 radical (unpaired) electrons. The van der Waals surface area contributed by atoms with E-state index in [1.165, 1.54) is 0 Å². The number of hydrogen-bond donors (Lipinski definition) is 2. The molecule has 1 unspecified atom stereocenters. The van der Waals surface area contributed by atoms with Crippen molar-refractivity contribution < 1.29 is 19.0 Å². The number of H-pyrrole nitrogens is 1. The normalized spacial score (nSPS) is 24.4. The van der Waals surface area contributed by atoms with Crippen LogP contribution >= 0.6 is 11.6 Å². The van der Waals surface area contributed by atoms with Gasteiger partial charge in [0.2, 0.25) is 5.82 Å². The van der Waals surface area contributed by atoms with Crippen LogP contribution in [0, 0.1) is 5.82 Å². The largest absolute Gasteiger partial charge is 0.390 e. The number of aromatic amines is 1. The lowest BCUT2D eigenvalue weighted by atomic mass is 10.2. The van der Waals surface area contributed by atoms with Gasteiger partial charge in [0.1, 0.15) is 12.3 Å². The minimum absolute atomic E-state index is 0.0126. The lowest BCUT2D eigenvalue weighted by molar-refractivity contribution is -0.0693. The molecule has 2 heterocycles. The molecule has 7 nitrogen and oxygen atoms in total. The summed E-state index contributed by atoms with van der Waals surface area (Å²) in [6, 6.07) is 9.09. The van der Waals surface area contributed by atoms with Crippen molar-refractivity contribution in [2.24, 2.45) is 0 Å². The van der Waals surface area contributed by atoms with E-state index in [0.717, 1.165) is 16.3 Å². The fourth-order valence-electron chi connectivity index (χ4n) is 2.59. The summed E-state index contributed by atoms with van der Waals surface area (Å²) < 4.78 is 25.3. The Morgan fingerprint density at radius 1 is 1.40 bits per heavy atom. The maximum Gasteiger partial charge on any atom is 0.330 e. The van der Waals surface area contributed by atoms with Crippen LogP contribution in [-0.2, 0) is 9.47 Å². The van der Waals surface area contributed by atoms with Crippen LogP contribution in [0.1, 0.15) is 23.8 Å². The van der Waals surface area contributed by atoms with Gasteiger partial charge in [0.25, 0.3) is 5.56 Å². The summed E-state index contributed by atoms with van der Waals surface area (Å²) in [6.07, 6.45) is -1.76. The summed E-state index contributed by atoms with van der Waals surface area (Å²) in [7, 11) is 0. The molecule has 9 heteroatoms. The van der Waals surface area contributed by atoms with Crippen molar-refractivity contribution in [2.75, 3.05) is 6.61 Å². The predicted molar refractivity (Wildman–Crippen MR) is 86.8 cm³/mol. The van der Waals surface area contributed by atoms with E-state index in [4.69, 9.17) is 21.1 Å². The zero-order valence-electron chi connectivity index (χ0n) is 13.0. The first-order chi connectivity index (χ1) is 12.0. The molecule has 25 heavy (non-hydrogen) atoms. The van der Waals surface area contributed by atoms with Crippen LogP contribution in [0.15, 0.2) is 46.1 Å². The van der Waals surface area contributed by atoms with E-state index < -0.39 is 41.1 Å². The van der Waals surface area contributed by atoms with Crippen LogP contribution in [0.25, 0.3) is 0 Å². The van der Waals surface area contributed by atoms with Crippen LogP contribution in [-0.4, -0.2) is 33.5 Å². The lowest BCUT2D eigenvalue weighted by Crippen LogP contribution is -2.34. The molecular formula is C16H16ClFN2O5. The van der Waals surface area contributed by atoms with Crippen LogP contribution in [0.5, 0.6) is 0 Å². The van der Waals surface area contributed by atoms with E-state index in [9.17, 15) is 19.1 Å². The Bertz CT molecular complexity index is 840. The molecule has 1 aromatic carbocycles. The minimum Gasteiger partial charge on any atom is -0.390 e. The van der Waals surface area contributed by atoms with Crippen molar-refractivity contribution in [1.29, 1.82) is 0 Å². The molecule has 2 aromatic rings. The number of alkyl halides is 1. The van der Waals surface area contributed by atoms with Crippen LogP contribution in [0.3, 0.4) is 0 Å². The number of benzene rings is 1. The highest BCUT2D eigenvalue weighted by Crippen LogP contribution is 2.30. The zero-order chi connectivity index (χ0) is 18.0. The standard InChI is InChI=1S/C16H16ClFN2O5/c17-14(9-4-2-1-3-5-9)24-8-12-11(21)6-13(25-12)20-7-10(18)15(22)19-16(20)23/h1-5,7,11-14,21H,6,8H2,(H,19,22,23)/t11-,12+,13+,14?/m0/s1. The molecule has 1 aromatic heterocycles. The summed E-state index contributed by atoms with van der Waals surface area (Å²) in [5.41, 5.74) is -1.88. The third-order valence-corrected chi connectivity index (χ3v) is 4.29. The summed E-state index contributed by atoms with van der Waals surface area (Å²) in [5.74, 6) is -1.11. The second-order valence-electron chi connectivity index (χ2n) is 5.64. The molecule has 0 amide bonds. The van der Waals surface area contributed by atoms with E-state index in [2.05, 4.69) is 0 Å². The molecule has 1 fully saturated rings. The Balaban J connectivity index is 1.65. The zero-order valence-corrected chi connectivity index (χ0v) is 13.7. The van der Waals surface area contributed by atoms with E-state index in [1.54, 1.807) is 12.1 Å². The van der Waals surface area contributed by atoms with Gasteiger partial charge in [-0.3, -0.25) is 14.3 Å². The molecule has 134 valence electrons. The fraction of sp³-hybridized carbons (Fsp3) is 0.375. The number of nitrogens with zero attached hydrogens (tertiary/aromatic N) is 1. The van der Waals surface area contributed by atoms with E-state index in [1.807, 2.05) is 23.2 Å². The van der Waals surface area contributed by atoms with Gasteiger partial charge in [-0.1, -0.05) is 41.9 Å². The molecular weight excluding hydrogens is 355 g/mol. The van der Waals surface area contributed by atoms with E-state index in [-0.39, 0.29) is 13.0 Å². The van der Waals surface area contributed by atoms with Gasteiger partial charge in [0.05, 0.1) is 18.9 Å². The van der Waals surface area contributed by atoms with Crippen molar-refractivity contribution >= 4 is 11.6 Å². The summed E-state index contributed by atoms with van der Waals surface area (Å²) >= 11 is 6.15. The van der Waals surface area contributed by atoms with Crippen molar-refractivity contribution in [3.05, 3.63) is 68.7 Å². The SMILES string of the molecule is O=c1[nH]c(=O)n([C@H]2C[C@H](O)[C@@H](COC(Cl)c3ccccc3)O2)cc1F. The van der Waals surface area contributed by atoms with Crippen LogP contribution < -0.4 is 11.2 Å². The summed E-state index contributed by atoms with van der Waals surface area (Å²) in [4.78, 5) is 24.7. The third kappa shape index (κ3) is 3.98. The maximum absolute atomic E-state index is 13.4. The first-order valence-corrected chi connectivity index (χ1v) is 8.04. The Morgan fingerprint density at radius 3 is 2.84 bits per heavy atom. The van der Waals surface area contributed by atoms with Crippen LogP contribution in [0.2, 0.25) is 0 Å². The molecule has 1 saturated heterocycles. The van der Waals surface area contributed by atoms with Gasteiger partial charge in [-0.15, -0.1) is 0 Å². The third-order valence-electron chi connectivity index (χ3n) is 3.91. The topological polar surface area (TPSA) is 93.6 Å². The molecule has 0 spiro atoms. The number of rotatable bonds is 5. The van der Waals surface area contributed by atoms with Crippen molar-refractivity contribution in [2.45, 2.75) is 30.4 Å². The molecule has 4 atom stereocenters. The number of aromatic nitrogens is 2. The molecule has 0 aliphatic carbocycles. The van der Waals surface area contributed by atoms with Gasteiger partial charge >= 0.3 is 5.69 Å². The smallest absolute Gasteiger partial charge is 0.330 e. The summed E-state index contributed by atoms with van der Waals surface area (Å²) in [6.45, 7) is -0.0126. The van der Waals surface area contributed by atoms with Gasteiger partial charge in [0.15, 0.2) is 5.56 Å². The quantitative estimate of drug-likeness (QED) is 0.773. The first-order valence-electron chi connectivity index (χ1n) is 7.61. The average Bonchev–Trinajstić information content (AvgIpc) is 2.97. The highest BCUT2D eigenvalue weighted by molar-refractivity contribution is 6.19. The average molecular weight is 371 g/mol. The highest BCUT2D eigenvalue weighted by atomic mass is 35.5. The van der Waals surface area contributed by atoms with Crippen molar-refractivity contribution in [1.82, 2.24) is 9.55 Å². The number of nitrogens with one attached hydrogen (secondary N) is 1. The fourth-order valence-corrected chi connectivity index (χ4v) is 2.81. The number of aliphatic hydroxyl groups is 1. The number of halogens is 2. The Morgan fingerprint density at radius 2 is 2.12 bits per heavy atom. The predicted octanol–water partition coefficient (Wildman–Crippen LogP) is 1.28. The molecule has 2 N–H and O–H groups in total. The highest BCUT2D eigenvalue weighted by Gasteiger charge is 2.36. The lowest BCUT2D eigenvalue weighted by Gasteiger charge is -2.18.